The molecule has 2 aromatic carbocycles. The van der Waals surface area contributed by atoms with Crippen LogP contribution in [0.1, 0.15) is 12.5 Å². The Morgan fingerprint density at radius 2 is 1.71 bits per heavy atom. The number of aromatic hydroxyl groups is 2. The van der Waals surface area contributed by atoms with Gasteiger partial charge in [-0.15, -0.1) is 0 Å². The molecule has 9 heteroatoms. The van der Waals surface area contributed by atoms with Crippen LogP contribution in [-0.4, -0.2) is 56.2 Å². The largest absolute Gasteiger partial charge is 0.508 e. The van der Waals surface area contributed by atoms with Crippen molar-refractivity contribution >= 4 is 11.0 Å². The zero-order valence-electron chi connectivity index (χ0n) is 16.7. The van der Waals surface area contributed by atoms with Gasteiger partial charge in [-0.2, -0.15) is 0 Å². The molecule has 0 radical (unpaired) electrons. The van der Waals surface area contributed by atoms with Crippen molar-refractivity contribution in [3.8, 4) is 28.6 Å². The van der Waals surface area contributed by atoms with Crippen LogP contribution in [0.15, 0.2) is 45.6 Å². The zero-order chi connectivity index (χ0) is 22.4. The van der Waals surface area contributed by atoms with Crippen LogP contribution in [0.25, 0.3) is 22.3 Å². The molecule has 0 bridgehead atoms. The second-order valence-electron chi connectivity index (χ2n) is 7.59. The standard InChI is InChI=1S/C22H22O9/c1-9-5-11(16-8-14(25)18-13(24)6-12(23)7-17(18)30-16)3-4-15(9)31-22-21(28)20(27)19(26)10(2)29-22/h3-8,10,19-24,26-28H,1-2H3/t10-,19+,20+,21-,22-/m0/s1. The first-order valence-corrected chi connectivity index (χ1v) is 9.63. The number of rotatable bonds is 3. The summed E-state index contributed by atoms with van der Waals surface area (Å²) in [7, 11) is 0. The third-order valence-electron chi connectivity index (χ3n) is 5.31. The molecule has 9 nitrogen and oxygen atoms in total. The highest BCUT2D eigenvalue weighted by atomic mass is 16.7. The second-order valence-corrected chi connectivity index (χ2v) is 7.59. The van der Waals surface area contributed by atoms with Crippen molar-refractivity contribution in [1.82, 2.24) is 0 Å². The van der Waals surface area contributed by atoms with Gasteiger partial charge >= 0.3 is 0 Å². The van der Waals surface area contributed by atoms with Crippen molar-refractivity contribution in [3.05, 3.63) is 52.2 Å². The van der Waals surface area contributed by atoms with E-state index in [1.807, 2.05) is 0 Å². The molecule has 3 aromatic rings. The highest BCUT2D eigenvalue weighted by molar-refractivity contribution is 5.86. The average Bonchev–Trinajstić information content (AvgIpc) is 2.70. The molecule has 1 fully saturated rings. The minimum atomic E-state index is -1.44. The van der Waals surface area contributed by atoms with Crippen LogP contribution in [0.3, 0.4) is 0 Å². The highest BCUT2D eigenvalue weighted by Crippen LogP contribution is 2.33. The van der Waals surface area contributed by atoms with E-state index in [2.05, 4.69) is 0 Å². The fourth-order valence-electron chi connectivity index (χ4n) is 3.57. The van der Waals surface area contributed by atoms with E-state index in [1.54, 1.807) is 32.0 Å². The number of ether oxygens (including phenoxy) is 2. The second kappa shape index (κ2) is 7.86. The number of aliphatic hydroxyl groups excluding tert-OH is 3. The van der Waals surface area contributed by atoms with Crippen LogP contribution < -0.4 is 10.2 Å². The van der Waals surface area contributed by atoms with Gasteiger partial charge in [-0.05, 0) is 37.6 Å². The molecule has 1 aliphatic heterocycles. The predicted molar refractivity (Wildman–Crippen MR) is 109 cm³/mol. The first-order valence-electron chi connectivity index (χ1n) is 9.63. The molecule has 0 aliphatic carbocycles. The van der Waals surface area contributed by atoms with E-state index in [9.17, 15) is 30.3 Å². The fourth-order valence-corrected chi connectivity index (χ4v) is 3.57. The summed E-state index contributed by atoms with van der Waals surface area (Å²) < 4.78 is 16.9. The van der Waals surface area contributed by atoms with Gasteiger partial charge in [0, 0.05) is 23.8 Å². The molecule has 1 aromatic heterocycles. The Labute approximate surface area is 176 Å². The molecule has 5 N–H and O–H groups in total. The lowest BCUT2D eigenvalue weighted by molar-refractivity contribution is -0.268. The zero-order valence-corrected chi connectivity index (χ0v) is 16.7. The lowest BCUT2D eigenvalue weighted by Crippen LogP contribution is -2.58. The van der Waals surface area contributed by atoms with Gasteiger partial charge in [-0.25, -0.2) is 0 Å². The van der Waals surface area contributed by atoms with Gasteiger partial charge in [-0.3, -0.25) is 4.79 Å². The summed E-state index contributed by atoms with van der Waals surface area (Å²) in [4.78, 5) is 12.4. The number of hydrogen-bond donors (Lipinski definition) is 5. The van der Waals surface area contributed by atoms with E-state index in [4.69, 9.17) is 13.9 Å². The first kappa shape index (κ1) is 21.1. The first-order chi connectivity index (χ1) is 14.7. The van der Waals surface area contributed by atoms with E-state index in [1.165, 1.54) is 12.1 Å². The van der Waals surface area contributed by atoms with Crippen LogP contribution in [0, 0.1) is 6.92 Å². The molecule has 1 aliphatic rings. The number of benzene rings is 2. The van der Waals surface area contributed by atoms with Gasteiger partial charge in [0.25, 0.3) is 0 Å². The Hall–Kier alpha value is -3.11. The van der Waals surface area contributed by atoms with Crippen molar-refractivity contribution in [2.24, 2.45) is 0 Å². The monoisotopic (exact) mass is 430 g/mol. The lowest BCUT2D eigenvalue weighted by Gasteiger charge is -2.39. The van der Waals surface area contributed by atoms with Crippen LogP contribution in [0.4, 0.5) is 0 Å². The van der Waals surface area contributed by atoms with Crippen LogP contribution in [0.5, 0.6) is 17.2 Å². The SMILES string of the molecule is Cc1cc(-c2cc(=O)c3c(O)cc(O)cc3o2)ccc1O[C@@H]1O[C@@H](C)[C@@H](O)[C@@H](O)[C@@H]1O. The van der Waals surface area contributed by atoms with E-state index in [-0.39, 0.29) is 28.2 Å². The van der Waals surface area contributed by atoms with Crippen molar-refractivity contribution in [2.45, 2.75) is 44.6 Å². The van der Waals surface area contributed by atoms with Gasteiger partial charge in [-0.1, -0.05) is 0 Å². The summed E-state index contributed by atoms with van der Waals surface area (Å²) in [6, 6.07) is 8.44. The van der Waals surface area contributed by atoms with Crippen LogP contribution >= 0.6 is 0 Å². The number of aliphatic hydroxyl groups is 3. The normalized spacial score (nSPS) is 26.2. The van der Waals surface area contributed by atoms with Crippen molar-refractivity contribution < 1.29 is 39.4 Å². The maximum Gasteiger partial charge on any atom is 0.229 e. The molecule has 0 saturated carbocycles. The van der Waals surface area contributed by atoms with Crippen molar-refractivity contribution in [1.29, 1.82) is 0 Å². The summed E-state index contributed by atoms with van der Waals surface area (Å²) in [6.07, 6.45) is -5.99. The lowest BCUT2D eigenvalue weighted by atomic mass is 10.00. The molecular weight excluding hydrogens is 408 g/mol. The topological polar surface area (TPSA) is 150 Å². The molecular formula is C22H22O9. The van der Waals surface area contributed by atoms with Crippen molar-refractivity contribution in [2.75, 3.05) is 0 Å². The molecule has 1 saturated heterocycles. The fraction of sp³-hybridized carbons (Fsp3) is 0.318. The Balaban J connectivity index is 1.64. The quantitative estimate of drug-likeness (QED) is 0.415. The Kier molecular flexibility index (Phi) is 5.36. The van der Waals surface area contributed by atoms with Gasteiger partial charge in [0.05, 0.1) is 6.10 Å². The van der Waals surface area contributed by atoms with Crippen molar-refractivity contribution in [3.63, 3.8) is 0 Å². The molecule has 31 heavy (non-hydrogen) atoms. The third kappa shape index (κ3) is 3.84. The predicted octanol–water partition coefficient (Wildman–Crippen LogP) is 1.39. The summed E-state index contributed by atoms with van der Waals surface area (Å²) >= 11 is 0. The van der Waals surface area contributed by atoms with E-state index >= 15 is 0 Å². The summed E-state index contributed by atoms with van der Waals surface area (Å²) in [5.74, 6) is -0.0270. The van der Waals surface area contributed by atoms with Crippen LogP contribution in [0.2, 0.25) is 0 Å². The van der Waals surface area contributed by atoms with E-state index in [0.29, 0.717) is 16.9 Å². The van der Waals surface area contributed by atoms with Crippen LogP contribution in [-0.2, 0) is 4.74 Å². The molecule has 0 spiro atoms. The van der Waals surface area contributed by atoms with Gasteiger partial charge in [0.2, 0.25) is 6.29 Å². The molecule has 0 unspecified atom stereocenters. The minimum absolute atomic E-state index is 0.0310. The number of phenols is 2. The number of phenolic OH excluding ortho intramolecular Hbond substituents is 2. The van der Waals surface area contributed by atoms with Gasteiger partial charge in [0.15, 0.2) is 5.43 Å². The Morgan fingerprint density at radius 3 is 2.42 bits per heavy atom. The summed E-state index contributed by atoms with van der Waals surface area (Å²) in [6.45, 7) is 3.29. The molecule has 4 rings (SSSR count). The Bertz CT molecular complexity index is 1190. The Morgan fingerprint density at radius 1 is 0.968 bits per heavy atom. The van der Waals surface area contributed by atoms with E-state index in [0.717, 1.165) is 6.07 Å². The molecule has 164 valence electrons. The van der Waals surface area contributed by atoms with Gasteiger partial charge < -0.3 is 39.4 Å². The minimum Gasteiger partial charge on any atom is -0.508 e. The summed E-state index contributed by atoms with van der Waals surface area (Å²) in [5, 5.41) is 49.4. The number of hydrogen-bond acceptors (Lipinski definition) is 9. The van der Waals surface area contributed by atoms with Gasteiger partial charge in [0.1, 0.15) is 52.3 Å². The third-order valence-corrected chi connectivity index (χ3v) is 5.31. The molecule has 2 heterocycles. The number of fused-ring (bicyclic) bond motifs is 1. The molecule has 0 amide bonds. The van der Waals surface area contributed by atoms with E-state index < -0.39 is 36.1 Å². The average molecular weight is 430 g/mol. The maximum absolute atomic E-state index is 12.4. The molecule has 5 atom stereocenters. The number of aryl methyl sites for hydroxylation is 1. The summed E-state index contributed by atoms with van der Waals surface area (Å²) in [5.41, 5.74) is 0.744. The smallest absolute Gasteiger partial charge is 0.229 e. The maximum atomic E-state index is 12.4. The highest BCUT2D eigenvalue weighted by Gasteiger charge is 2.43.